The van der Waals surface area contributed by atoms with Crippen LogP contribution >= 0.6 is 0 Å². The van der Waals surface area contributed by atoms with E-state index in [1.807, 2.05) is 0 Å². The van der Waals surface area contributed by atoms with Crippen LogP contribution in [-0.4, -0.2) is 40.2 Å². The molecule has 0 aliphatic heterocycles. The van der Waals surface area contributed by atoms with E-state index in [0.29, 0.717) is 0 Å². The molecule has 2 aromatic carbocycles. The molecule has 0 amide bonds. The van der Waals surface area contributed by atoms with Crippen molar-refractivity contribution in [3.8, 4) is 0 Å². The first kappa shape index (κ1) is 18.8. The number of nitrogens with zero attached hydrogens (tertiary/aromatic N) is 2. The summed E-state index contributed by atoms with van der Waals surface area (Å²) >= 11 is 0. The number of hydrogen-bond donors (Lipinski definition) is 1. The summed E-state index contributed by atoms with van der Waals surface area (Å²) < 4.78 is 51.9. The first-order valence-corrected chi connectivity index (χ1v) is 9.77. The van der Waals surface area contributed by atoms with Crippen molar-refractivity contribution in [2.75, 3.05) is 18.8 Å². The maximum absolute atomic E-state index is 12.4. The van der Waals surface area contributed by atoms with E-state index in [-0.39, 0.29) is 10.6 Å². The van der Waals surface area contributed by atoms with E-state index < -0.39 is 35.6 Å². The first-order chi connectivity index (χ1) is 11.6. The Labute approximate surface area is 145 Å². The van der Waals surface area contributed by atoms with Gasteiger partial charge >= 0.3 is 0 Å². The highest BCUT2D eigenvalue weighted by molar-refractivity contribution is 7.92. The predicted molar refractivity (Wildman–Crippen MR) is 91.2 cm³/mol. The van der Waals surface area contributed by atoms with Crippen LogP contribution in [0.5, 0.6) is 0 Å². The quantitative estimate of drug-likeness (QED) is 0.595. The summed E-state index contributed by atoms with van der Waals surface area (Å²) in [6, 6.07) is 9.95. The van der Waals surface area contributed by atoms with Gasteiger partial charge in [-0.3, -0.25) is 14.8 Å². The average molecular weight is 385 g/mol. The third kappa shape index (κ3) is 3.95. The number of hydrogen-bond acceptors (Lipinski definition) is 6. The molecule has 11 heteroatoms. The van der Waals surface area contributed by atoms with E-state index in [4.69, 9.17) is 0 Å². The van der Waals surface area contributed by atoms with Crippen molar-refractivity contribution in [2.24, 2.45) is 0 Å². The van der Waals surface area contributed by atoms with Crippen LogP contribution in [0.4, 0.5) is 11.4 Å². The monoisotopic (exact) mass is 385 g/mol. The SMILES string of the molecule is CN(C)S(=O)(=O)c1ccc(NS(=O)(=O)c2ccccc2[N+](=O)[O-])cc1. The Morgan fingerprint density at radius 2 is 1.52 bits per heavy atom. The van der Waals surface area contributed by atoms with Crippen molar-refractivity contribution in [3.63, 3.8) is 0 Å². The number of rotatable bonds is 6. The Morgan fingerprint density at radius 3 is 2.04 bits per heavy atom. The molecule has 0 bridgehead atoms. The van der Waals surface area contributed by atoms with Crippen LogP contribution in [0.2, 0.25) is 0 Å². The molecule has 0 heterocycles. The number of nitro benzene ring substituents is 1. The molecule has 0 saturated heterocycles. The van der Waals surface area contributed by atoms with Crippen LogP contribution in [0.15, 0.2) is 58.3 Å². The van der Waals surface area contributed by atoms with E-state index >= 15 is 0 Å². The third-order valence-electron chi connectivity index (χ3n) is 3.24. The molecule has 0 unspecified atom stereocenters. The standard InChI is InChI=1S/C14H15N3O6S2/c1-16(2)25(22,23)12-9-7-11(8-10-12)15-24(20,21)14-6-4-3-5-13(14)17(18)19/h3-10,15H,1-2H3. The van der Waals surface area contributed by atoms with Crippen molar-refractivity contribution in [1.82, 2.24) is 4.31 Å². The lowest BCUT2D eigenvalue weighted by Crippen LogP contribution is -2.22. The summed E-state index contributed by atoms with van der Waals surface area (Å²) in [4.78, 5) is 9.70. The molecule has 0 atom stereocenters. The van der Waals surface area contributed by atoms with Gasteiger partial charge in [-0.25, -0.2) is 21.1 Å². The Balaban J connectivity index is 2.36. The van der Waals surface area contributed by atoms with Crippen LogP contribution < -0.4 is 4.72 Å². The number of nitrogens with one attached hydrogen (secondary N) is 1. The van der Waals surface area contributed by atoms with Crippen molar-refractivity contribution in [3.05, 3.63) is 58.6 Å². The summed E-state index contributed by atoms with van der Waals surface area (Å²) in [5.41, 5.74) is -0.474. The minimum absolute atomic E-state index is 0.00820. The predicted octanol–water partition coefficient (Wildman–Crippen LogP) is 1.65. The molecule has 0 aliphatic rings. The van der Waals surface area contributed by atoms with Gasteiger partial charge in [0.2, 0.25) is 10.0 Å². The fourth-order valence-electron chi connectivity index (χ4n) is 1.95. The van der Waals surface area contributed by atoms with Crippen LogP contribution in [0, 0.1) is 10.1 Å². The molecule has 1 N–H and O–H groups in total. The maximum Gasteiger partial charge on any atom is 0.289 e. The van der Waals surface area contributed by atoms with Crippen molar-refractivity contribution in [1.29, 1.82) is 0 Å². The summed E-state index contributed by atoms with van der Waals surface area (Å²) in [7, 11) is -5.09. The average Bonchev–Trinajstić information content (AvgIpc) is 2.54. The molecular formula is C14H15N3O6S2. The highest BCUT2D eigenvalue weighted by Crippen LogP contribution is 2.26. The fourth-order valence-corrected chi connectivity index (χ4v) is 4.08. The Bertz CT molecular complexity index is 999. The van der Waals surface area contributed by atoms with Gasteiger partial charge in [0, 0.05) is 25.8 Å². The largest absolute Gasteiger partial charge is 0.289 e. The summed E-state index contributed by atoms with van der Waals surface area (Å²) in [6.45, 7) is 0. The molecule has 2 aromatic rings. The van der Waals surface area contributed by atoms with Gasteiger partial charge in [0.1, 0.15) is 0 Å². The molecule has 9 nitrogen and oxygen atoms in total. The van der Waals surface area contributed by atoms with E-state index in [1.54, 1.807) is 0 Å². The minimum Gasteiger partial charge on any atom is -0.279 e. The zero-order valence-corrected chi connectivity index (χ0v) is 14.9. The lowest BCUT2D eigenvalue weighted by Gasteiger charge is -2.12. The Hall–Kier alpha value is -2.50. The van der Waals surface area contributed by atoms with Crippen LogP contribution in [0.1, 0.15) is 0 Å². The van der Waals surface area contributed by atoms with E-state index in [2.05, 4.69) is 4.72 Å². The molecular weight excluding hydrogens is 370 g/mol. The maximum atomic E-state index is 12.4. The molecule has 0 aliphatic carbocycles. The van der Waals surface area contributed by atoms with Crippen molar-refractivity contribution in [2.45, 2.75) is 9.79 Å². The molecule has 0 spiro atoms. The van der Waals surface area contributed by atoms with Gasteiger partial charge in [-0.05, 0) is 30.3 Å². The zero-order valence-electron chi connectivity index (χ0n) is 13.3. The number of nitro groups is 1. The molecule has 2 rings (SSSR count). The Kier molecular flexibility index (Phi) is 5.11. The van der Waals surface area contributed by atoms with Crippen molar-refractivity contribution < 1.29 is 21.8 Å². The number of sulfonamides is 2. The number of benzene rings is 2. The smallest absolute Gasteiger partial charge is 0.279 e. The molecule has 0 radical (unpaired) electrons. The third-order valence-corrected chi connectivity index (χ3v) is 6.49. The second-order valence-corrected chi connectivity index (χ2v) is 8.94. The van der Waals surface area contributed by atoms with Gasteiger partial charge in [0.25, 0.3) is 15.7 Å². The highest BCUT2D eigenvalue weighted by atomic mass is 32.2. The fraction of sp³-hybridized carbons (Fsp3) is 0.143. The number of anilines is 1. The van der Waals surface area contributed by atoms with Gasteiger partial charge in [0.15, 0.2) is 4.90 Å². The number of para-hydroxylation sites is 1. The van der Waals surface area contributed by atoms with Crippen molar-refractivity contribution >= 4 is 31.4 Å². The van der Waals surface area contributed by atoms with E-state index in [1.165, 1.54) is 50.5 Å². The van der Waals surface area contributed by atoms with E-state index in [0.717, 1.165) is 16.4 Å². The van der Waals surface area contributed by atoms with Gasteiger partial charge in [-0.1, -0.05) is 12.1 Å². The second-order valence-electron chi connectivity index (χ2n) is 5.14. The van der Waals surface area contributed by atoms with Gasteiger partial charge < -0.3 is 0 Å². The van der Waals surface area contributed by atoms with Crippen LogP contribution in [0.25, 0.3) is 0 Å². The summed E-state index contributed by atoms with van der Waals surface area (Å²) in [5.74, 6) is 0. The van der Waals surface area contributed by atoms with E-state index in [9.17, 15) is 26.9 Å². The zero-order chi connectivity index (χ0) is 18.8. The molecule has 134 valence electrons. The second kappa shape index (κ2) is 6.78. The summed E-state index contributed by atoms with van der Waals surface area (Å²) in [6.07, 6.45) is 0. The first-order valence-electron chi connectivity index (χ1n) is 6.84. The topological polar surface area (TPSA) is 127 Å². The summed E-state index contributed by atoms with van der Waals surface area (Å²) in [5, 5.41) is 11.0. The van der Waals surface area contributed by atoms with Gasteiger partial charge in [-0.2, -0.15) is 0 Å². The molecule has 0 saturated carbocycles. The normalized spacial score (nSPS) is 12.1. The molecule has 25 heavy (non-hydrogen) atoms. The Morgan fingerprint density at radius 1 is 0.960 bits per heavy atom. The highest BCUT2D eigenvalue weighted by Gasteiger charge is 2.25. The van der Waals surface area contributed by atoms with Crippen LogP contribution in [0.3, 0.4) is 0 Å². The van der Waals surface area contributed by atoms with Gasteiger partial charge in [0.05, 0.1) is 9.82 Å². The molecule has 0 fully saturated rings. The lowest BCUT2D eigenvalue weighted by molar-refractivity contribution is -0.387. The minimum atomic E-state index is -4.21. The van der Waals surface area contributed by atoms with Gasteiger partial charge in [-0.15, -0.1) is 0 Å². The molecule has 0 aromatic heterocycles. The van der Waals surface area contributed by atoms with Crippen LogP contribution in [-0.2, 0) is 20.0 Å². The lowest BCUT2D eigenvalue weighted by atomic mass is 10.3.